The van der Waals surface area contributed by atoms with Gasteiger partial charge in [-0.15, -0.1) is 12.6 Å². The highest BCUT2D eigenvalue weighted by Gasteiger charge is 2.33. The van der Waals surface area contributed by atoms with E-state index in [2.05, 4.69) is 12.6 Å². The van der Waals surface area contributed by atoms with Crippen molar-refractivity contribution in [2.45, 2.75) is 11.1 Å². The van der Waals surface area contributed by atoms with Crippen LogP contribution < -0.4 is 5.73 Å². The minimum Gasteiger partial charge on any atom is -0.366 e. The molecule has 2 N–H and O–H groups in total. The molecular weight excluding hydrogens is 215 g/mol. The monoisotopic (exact) mass is 221 g/mol. The fourth-order valence-electron chi connectivity index (χ4n) is 0.971. The predicted octanol–water partition coefficient (Wildman–Crippen LogP) is 2.09. The summed E-state index contributed by atoms with van der Waals surface area (Å²) in [7, 11) is 0. The SMILES string of the molecule is NC(=O)c1cccc(C(F)(F)F)c1S. The first-order valence-corrected chi connectivity index (χ1v) is 3.97. The van der Waals surface area contributed by atoms with Crippen molar-refractivity contribution in [3.8, 4) is 0 Å². The van der Waals surface area contributed by atoms with E-state index in [1.165, 1.54) is 6.07 Å². The van der Waals surface area contributed by atoms with Gasteiger partial charge < -0.3 is 5.73 Å². The Hall–Kier alpha value is -1.17. The summed E-state index contributed by atoms with van der Waals surface area (Å²) >= 11 is 3.62. The van der Waals surface area contributed by atoms with Gasteiger partial charge in [-0.2, -0.15) is 13.2 Å². The van der Waals surface area contributed by atoms with Crippen LogP contribution in [0.15, 0.2) is 23.1 Å². The number of carbonyl (C=O) groups excluding carboxylic acids is 1. The van der Waals surface area contributed by atoms with Crippen molar-refractivity contribution < 1.29 is 18.0 Å². The van der Waals surface area contributed by atoms with Gasteiger partial charge >= 0.3 is 6.18 Å². The molecule has 0 spiro atoms. The smallest absolute Gasteiger partial charge is 0.366 e. The first kappa shape index (κ1) is 10.9. The molecule has 0 saturated carbocycles. The Balaban J connectivity index is 3.35. The number of alkyl halides is 3. The van der Waals surface area contributed by atoms with Gasteiger partial charge in [-0.3, -0.25) is 4.79 Å². The third kappa shape index (κ3) is 2.01. The van der Waals surface area contributed by atoms with Crippen molar-refractivity contribution in [3.05, 3.63) is 29.3 Å². The standard InChI is InChI=1S/C8H6F3NOS/c9-8(10,11)5-3-1-2-4(6(5)14)7(12)13/h1-3,14H,(H2,12,13). The molecular formula is C8H6F3NOS. The molecule has 0 heterocycles. The fourth-order valence-corrected chi connectivity index (χ4v) is 1.36. The highest BCUT2D eigenvalue weighted by molar-refractivity contribution is 7.80. The number of halogens is 3. The lowest BCUT2D eigenvalue weighted by atomic mass is 10.1. The van der Waals surface area contributed by atoms with E-state index in [1.807, 2.05) is 0 Å². The quantitative estimate of drug-likeness (QED) is 0.700. The molecule has 1 amide bonds. The van der Waals surface area contributed by atoms with Gasteiger partial charge in [0.15, 0.2) is 0 Å². The van der Waals surface area contributed by atoms with Gasteiger partial charge in [0, 0.05) is 4.90 Å². The summed E-state index contributed by atoms with van der Waals surface area (Å²) in [5.74, 6) is -0.930. The van der Waals surface area contributed by atoms with Gasteiger partial charge in [-0.1, -0.05) is 6.07 Å². The first-order chi connectivity index (χ1) is 6.34. The Bertz CT molecular complexity index is 375. The Morgan fingerprint density at radius 1 is 1.36 bits per heavy atom. The molecule has 0 saturated heterocycles. The lowest BCUT2D eigenvalue weighted by Crippen LogP contribution is -2.15. The molecule has 1 aromatic carbocycles. The number of primary amides is 1. The maximum absolute atomic E-state index is 12.3. The number of amides is 1. The fraction of sp³-hybridized carbons (Fsp3) is 0.125. The molecule has 0 fully saturated rings. The van der Waals surface area contributed by atoms with Gasteiger partial charge in [-0.25, -0.2) is 0 Å². The van der Waals surface area contributed by atoms with Crippen LogP contribution in [0.5, 0.6) is 0 Å². The Morgan fingerprint density at radius 2 is 1.93 bits per heavy atom. The van der Waals surface area contributed by atoms with Crippen molar-refractivity contribution in [1.82, 2.24) is 0 Å². The van der Waals surface area contributed by atoms with E-state index in [-0.39, 0.29) is 5.56 Å². The van der Waals surface area contributed by atoms with Crippen molar-refractivity contribution in [2.75, 3.05) is 0 Å². The zero-order chi connectivity index (χ0) is 10.9. The molecule has 0 bridgehead atoms. The lowest BCUT2D eigenvalue weighted by Gasteiger charge is -2.10. The summed E-state index contributed by atoms with van der Waals surface area (Å²) in [6, 6.07) is 3.15. The number of nitrogens with two attached hydrogens (primary N) is 1. The number of hydrogen-bond donors (Lipinski definition) is 2. The van der Waals surface area contributed by atoms with Crippen molar-refractivity contribution in [2.24, 2.45) is 5.73 Å². The van der Waals surface area contributed by atoms with Gasteiger partial charge in [0.1, 0.15) is 0 Å². The van der Waals surface area contributed by atoms with Crippen LogP contribution in [0.4, 0.5) is 13.2 Å². The molecule has 14 heavy (non-hydrogen) atoms. The van der Waals surface area contributed by atoms with Crippen LogP contribution in [-0.2, 0) is 6.18 Å². The summed E-state index contributed by atoms with van der Waals surface area (Å²) < 4.78 is 36.9. The molecule has 6 heteroatoms. The second kappa shape index (κ2) is 3.53. The second-order valence-electron chi connectivity index (χ2n) is 2.56. The van der Waals surface area contributed by atoms with Gasteiger partial charge in [-0.05, 0) is 12.1 Å². The van der Waals surface area contributed by atoms with Crippen LogP contribution in [0.25, 0.3) is 0 Å². The predicted molar refractivity (Wildman–Crippen MR) is 47.2 cm³/mol. The third-order valence-electron chi connectivity index (χ3n) is 1.61. The summed E-state index contributed by atoms with van der Waals surface area (Å²) in [5.41, 5.74) is 3.68. The zero-order valence-electron chi connectivity index (χ0n) is 6.80. The highest BCUT2D eigenvalue weighted by atomic mass is 32.1. The molecule has 76 valence electrons. The van der Waals surface area contributed by atoms with E-state index in [1.54, 1.807) is 0 Å². The molecule has 1 aromatic rings. The molecule has 1 rings (SSSR count). The number of rotatable bonds is 1. The molecule has 0 radical (unpaired) electrons. The number of hydrogen-bond acceptors (Lipinski definition) is 2. The topological polar surface area (TPSA) is 43.1 Å². The van der Waals surface area contributed by atoms with E-state index >= 15 is 0 Å². The molecule has 0 unspecified atom stereocenters. The first-order valence-electron chi connectivity index (χ1n) is 3.53. The lowest BCUT2D eigenvalue weighted by molar-refractivity contribution is -0.139. The van der Waals surface area contributed by atoms with Crippen molar-refractivity contribution >= 4 is 18.5 Å². The molecule has 0 aliphatic carbocycles. The molecule has 0 aliphatic heterocycles. The minimum absolute atomic E-state index is 0.233. The Morgan fingerprint density at radius 3 is 2.36 bits per heavy atom. The molecule has 0 atom stereocenters. The minimum atomic E-state index is -4.53. The number of thiol groups is 1. The number of benzene rings is 1. The summed E-state index contributed by atoms with van der Waals surface area (Å²) in [5, 5.41) is 0. The van der Waals surface area contributed by atoms with Crippen LogP contribution in [0.1, 0.15) is 15.9 Å². The Kier molecular flexibility index (Phi) is 2.75. The van der Waals surface area contributed by atoms with Crippen LogP contribution >= 0.6 is 12.6 Å². The summed E-state index contributed by atoms with van der Waals surface area (Å²) in [6.45, 7) is 0. The van der Waals surface area contributed by atoms with Crippen LogP contribution in [0, 0.1) is 0 Å². The highest BCUT2D eigenvalue weighted by Crippen LogP contribution is 2.34. The normalized spacial score (nSPS) is 11.4. The van der Waals surface area contributed by atoms with E-state index in [4.69, 9.17) is 5.73 Å². The van der Waals surface area contributed by atoms with E-state index in [0.717, 1.165) is 12.1 Å². The third-order valence-corrected chi connectivity index (χ3v) is 2.09. The van der Waals surface area contributed by atoms with E-state index < -0.39 is 22.5 Å². The average Bonchev–Trinajstić information content (AvgIpc) is 2.01. The van der Waals surface area contributed by atoms with E-state index in [0.29, 0.717) is 0 Å². The van der Waals surface area contributed by atoms with Gasteiger partial charge in [0.05, 0.1) is 11.1 Å². The Labute approximate surface area is 83.3 Å². The van der Waals surface area contributed by atoms with Crippen LogP contribution in [0.2, 0.25) is 0 Å². The average molecular weight is 221 g/mol. The zero-order valence-corrected chi connectivity index (χ0v) is 7.69. The maximum atomic E-state index is 12.3. The van der Waals surface area contributed by atoms with Crippen molar-refractivity contribution in [1.29, 1.82) is 0 Å². The molecule has 0 aromatic heterocycles. The summed E-state index contributed by atoms with van der Waals surface area (Å²) in [6.07, 6.45) is -4.53. The van der Waals surface area contributed by atoms with E-state index in [9.17, 15) is 18.0 Å². The van der Waals surface area contributed by atoms with Gasteiger partial charge in [0.2, 0.25) is 5.91 Å². The maximum Gasteiger partial charge on any atom is 0.417 e. The second-order valence-corrected chi connectivity index (χ2v) is 3.01. The summed E-state index contributed by atoms with van der Waals surface area (Å²) in [4.78, 5) is 10.3. The van der Waals surface area contributed by atoms with Crippen molar-refractivity contribution in [3.63, 3.8) is 0 Å². The molecule has 2 nitrogen and oxygen atoms in total. The van der Waals surface area contributed by atoms with Crippen LogP contribution in [-0.4, -0.2) is 5.91 Å². The molecule has 0 aliphatic rings. The number of carbonyl (C=O) groups is 1. The van der Waals surface area contributed by atoms with Gasteiger partial charge in [0.25, 0.3) is 0 Å². The largest absolute Gasteiger partial charge is 0.417 e. The van der Waals surface area contributed by atoms with Crippen LogP contribution in [0.3, 0.4) is 0 Å².